The van der Waals surface area contributed by atoms with Gasteiger partial charge in [0.05, 0.1) is 5.01 Å². The van der Waals surface area contributed by atoms with E-state index in [1.54, 1.807) is 43.2 Å². The number of aryl methyl sites for hydroxylation is 1. The molecule has 0 saturated carbocycles. The van der Waals surface area contributed by atoms with Crippen LogP contribution in [0.15, 0.2) is 17.6 Å². The van der Waals surface area contributed by atoms with Crippen LogP contribution in [0, 0.1) is 6.92 Å². The number of hydrogen-bond donors (Lipinski definition) is 1. The number of carbonyl (C=O) groups excluding carboxylic acids is 2. The standard InChI is InChI=1S/C15H17F3N4OS.C5H11NO2/c1-10-8-12(15(16,17)18)20-22(10)9-13(23)21-5-2-11(3-6-21)14-19-4-7-24-14;1-5(2,3)8-4(6)7/h4,7-8,11H,2-3,5-6,9H2,1H3;1-3H3,(H2,6,7). The van der Waals surface area contributed by atoms with Crippen molar-refractivity contribution in [1.29, 1.82) is 0 Å². The van der Waals surface area contributed by atoms with Gasteiger partial charge >= 0.3 is 12.3 Å². The summed E-state index contributed by atoms with van der Waals surface area (Å²) in [7, 11) is 0. The first-order valence-corrected chi connectivity index (χ1v) is 10.9. The second-order valence-electron chi connectivity index (χ2n) is 8.39. The highest BCUT2D eigenvalue weighted by Gasteiger charge is 2.35. The van der Waals surface area contributed by atoms with Gasteiger partial charge in [0.15, 0.2) is 5.69 Å². The molecule has 1 aliphatic rings. The van der Waals surface area contributed by atoms with Crippen molar-refractivity contribution in [2.75, 3.05) is 13.1 Å². The number of ether oxygens (including phenoxy) is 1. The first-order chi connectivity index (χ1) is 14.8. The van der Waals surface area contributed by atoms with Crippen molar-refractivity contribution in [2.45, 2.75) is 64.8 Å². The lowest BCUT2D eigenvalue weighted by molar-refractivity contribution is -0.142. The molecule has 0 atom stereocenters. The second kappa shape index (κ2) is 10.3. The van der Waals surface area contributed by atoms with Gasteiger partial charge in [-0.2, -0.15) is 18.3 Å². The van der Waals surface area contributed by atoms with Gasteiger partial charge in [-0.05, 0) is 46.6 Å². The Kier molecular flexibility index (Phi) is 8.27. The second-order valence-corrected chi connectivity index (χ2v) is 9.31. The normalized spacial score (nSPS) is 15.2. The molecule has 8 nitrogen and oxygen atoms in total. The molecule has 0 spiro atoms. The Balaban J connectivity index is 0.000000390. The van der Waals surface area contributed by atoms with Crippen LogP contribution in [-0.4, -0.2) is 50.4 Å². The van der Waals surface area contributed by atoms with E-state index in [2.05, 4.69) is 14.8 Å². The topological polar surface area (TPSA) is 103 Å². The molecule has 178 valence electrons. The molecule has 2 aromatic rings. The van der Waals surface area contributed by atoms with Gasteiger partial charge in [-0.1, -0.05) is 0 Å². The zero-order chi connectivity index (χ0) is 24.1. The molecule has 0 bridgehead atoms. The van der Waals surface area contributed by atoms with Crippen molar-refractivity contribution in [3.05, 3.63) is 34.0 Å². The summed E-state index contributed by atoms with van der Waals surface area (Å²) in [5.74, 6) is 0.157. The summed E-state index contributed by atoms with van der Waals surface area (Å²) in [5, 5.41) is 6.53. The fourth-order valence-electron chi connectivity index (χ4n) is 3.15. The lowest BCUT2D eigenvalue weighted by atomic mass is 9.97. The molecule has 0 aromatic carbocycles. The van der Waals surface area contributed by atoms with Gasteiger partial charge in [-0.15, -0.1) is 11.3 Å². The molecule has 3 heterocycles. The smallest absolute Gasteiger partial charge is 0.435 e. The summed E-state index contributed by atoms with van der Waals surface area (Å²) in [6, 6.07) is 0.960. The van der Waals surface area contributed by atoms with Crippen LogP contribution < -0.4 is 5.73 Å². The predicted octanol–water partition coefficient (Wildman–Crippen LogP) is 3.95. The molecule has 1 saturated heterocycles. The predicted molar refractivity (Wildman–Crippen MR) is 113 cm³/mol. The average molecular weight is 476 g/mol. The van der Waals surface area contributed by atoms with Gasteiger partial charge in [0, 0.05) is 36.3 Å². The number of aromatic nitrogens is 3. The summed E-state index contributed by atoms with van der Waals surface area (Å²) in [4.78, 5) is 28.4. The number of nitrogens with zero attached hydrogens (tertiary/aromatic N) is 4. The minimum absolute atomic E-state index is 0.163. The summed E-state index contributed by atoms with van der Waals surface area (Å²) in [6.07, 6.45) is -1.80. The monoisotopic (exact) mass is 475 g/mol. The Bertz CT molecular complexity index is 899. The van der Waals surface area contributed by atoms with Crippen LogP contribution in [-0.2, 0) is 22.3 Å². The number of rotatable bonds is 3. The van der Waals surface area contributed by atoms with E-state index in [0.29, 0.717) is 24.7 Å². The van der Waals surface area contributed by atoms with Crippen LogP contribution in [0.4, 0.5) is 18.0 Å². The molecule has 3 rings (SSSR count). The van der Waals surface area contributed by atoms with Crippen molar-refractivity contribution in [3.63, 3.8) is 0 Å². The number of hydrogen-bond acceptors (Lipinski definition) is 6. The van der Waals surface area contributed by atoms with E-state index in [1.807, 2.05) is 5.38 Å². The fraction of sp³-hybridized carbons (Fsp3) is 0.600. The van der Waals surface area contributed by atoms with Crippen molar-refractivity contribution in [1.82, 2.24) is 19.7 Å². The Hall–Kier alpha value is -2.63. The first-order valence-electron chi connectivity index (χ1n) is 10.0. The van der Waals surface area contributed by atoms with E-state index in [-0.39, 0.29) is 12.5 Å². The molecule has 32 heavy (non-hydrogen) atoms. The molecule has 1 fully saturated rings. The molecule has 0 aliphatic carbocycles. The maximum atomic E-state index is 12.7. The lowest BCUT2D eigenvalue weighted by Gasteiger charge is -2.31. The van der Waals surface area contributed by atoms with E-state index in [9.17, 15) is 22.8 Å². The number of halogens is 3. The third kappa shape index (κ3) is 7.81. The zero-order valence-electron chi connectivity index (χ0n) is 18.5. The van der Waals surface area contributed by atoms with E-state index in [0.717, 1.165) is 28.6 Å². The number of thiazole rings is 1. The van der Waals surface area contributed by atoms with Crippen LogP contribution in [0.25, 0.3) is 0 Å². The first kappa shape index (κ1) is 25.6. The zero-order valence-corrected chi connectivity index (χ0v) is 19.3. The molecule has 2 amide bonds. The highest BCUT2D eigenvalue weighted by atomic mass is 32.1. The number of piperidine rings is 1. The summed E-state index contributed by atoms with van der Waals surface area (Å²) in [6.45, 7) is 7.83. The SMILES string of the molecule is CC(C)(C)OC(N)=O.Cc1cc(C(F)(F)F)nn1CC(=O)N1CCC(c2nccs2)CC1. The largest absolute Gasteiger partial charge is 0.444 e. The fourth-order valence-corrected chi connectivity index (χ4v) is 3.96. The van der Waals surface area contributed by atoms with Gasteiger partial charge in [0.25, 0.3) is 0 Å². The van der Waals surface area contributed by atoms with E-state index in [1.165, 1.54) is 6.92 Å². The molecule has 0 radical (unpaired) electrons. The Labute approximate surface area is 188 Å². The molecule has 12 heteroatoms. The van der Waals surface area contributed by atoms with Gasteiger partial charge in [-0.3, -0.25) is 9.48 Å². The van der Waals surface area contributed by atoms with Crippen LogP contribution >= 0.6 is 11.3 Å². The number of carbonyl (C=O) groups is 2. The minimum Gasteiger partial charge on any atom is -0.444 e. The van der Waals surface area contributed by atoms with Crippen LogP contribution in [0.3, 0.4) is 0 Å². The van der Waals surface area contributed by atoms with Gasteiger partial charge < -0.3 is 15.4 Å². The van der Waals surface area contributed by atoms with E-state index < -0.39 is 23.6 Å². The average Bonchev–Trinajstić information content (AvgIpc) is 3.30. The summed E-state index contributed by atoms with van der Waals surface area (Å²) >= 11 is 1.61. The van der Waals surface area contributed by atoms with E-state index in [4.69, 9.17) is 5.73 Å². The maximum Gasteiger partial charge on any atom is 0.435 e. The number of nitrogens with two attached hydrogens (primary N) is 1. The quantitative estimate of drug-likeness (QED) is 0.724. The molecule has 2 N–H and O–H groups in total. The molecular weight excluding hydrogens is 447 g/mol. The Morgan fingerprint density at radius 3 is 2.28 bits per heavy atom. The molecule has 0 unspecified atom stereocenters. The summed E-state index contributed by atoms with van der Waals surface area (Å²) < 4.78 is 43.7. The maximum absolute atomic E-state index is 12.7. The van der Waals surface area contributed by atoms with Crippen LogP contribution in [0.2, 0.25) is 0 Å². The molecular formula is C20H28F3N5O3S. The van der Waals surface area contributed by atoms with Gasteiger partial charge in [0.2, 0.25) is 5.91 Å². The van der Waals surface area contributed by atoms with Crippen LogP contribution in [0.1, 0.15) is 55.9 Å². The van der Waals surface area contributed by atoms with Crippen molar-refractivity contribution >= 4 is 23.3 Å². The summed E-state index contributed by atoms with van der Waals surface area (Å²) in [5.41, 5.74) is 3.63. The van der Waals surface area contributed by atoms with Crippen molar-refractivity contribution in [3.8, 4) is 0 Å². The number of likely N-dealkylation sites (tertiary alicyclic amines) is 1. The van der Waals surface area contributed by atoms with Crippen LogP contribution in [0.5, 0.6) is 0 Å². The minimum atomic E-state index is -4.49. The third-order valence-electron chi connectivity index (χ3n) is 4.61. The number of primary amides is 1. The van der Waals surface area contributed by atoms with Crippen molar-refractivity contribution in [2.24, 2.45) is 5.73 Å². The number of amides is 2. The van der Waals surface area contributed by atoms with Gasteiger partial charge in [0.1, 0.15) is 12.1 Å². The third-order valence-corrected chi connectivity index (χ3v) is 5.55. The van der Waals surface area contributed by atoms with E-state index >= 15 is 0 Å². The Morgan fingerprint density at radius 1 is 1.25 bits per heavy atom. The lowest BCUT2D eigenvalue weighted by Crippen LogP contribution is -2.40. The highest BCUT2D eigenvalue weighted by molar-refractivity contribution is 7.09. The van der Waals surface area contributed by atoms with Crippen molar-refractivity contribution < 1.29 is 27.5 Å². The number of alkyl halides is 3. The highest BCUT2D eigenvalue weighted by Crippen LogP contribution is 2.30. The van der Waals surface area contributed by atoms with Gasteiger partial charge in [-0.25, -0.2) is 9.78 Å². The Morgan fingerprint density at radius 2 is 1.88 bits per heavy atom. The molecule has 1 aliphatic heterocycles. The molecule has 2 aromatic heterocycles.